The predicted molar refractivity (Wildman–Crippen MR) is 93.1 cm³/mol. The molecular weight excluding hydrogens is 316 g/mol. The Labute approximate surface area is 145 Å². The van der Waals surface area contributed by atoms with Gasteiger partial charge in [0, 0.05) is 25.5 Å². The Morgan fingerprint density at radius 2 is 1.92 bits per heavy atom. The van der Waals surface area contributed by atoms with E-state index in [1.807, 2.05) is 6.07 Å². The largest absolute Gasteiger partial charge is 0.467 e. The molecule has 1 aliphatic rings. The Bertz CT molecular complexity index is 859. The SMILES string of the molecule is O=C(NCc1ccco1)c1cnc(N2CCc3ccccc3C2)nc1. The molecule has 0 fully saturated rings. The van der Waals surface area contributed by atoms with Gasteiger partial charge in [0.2, 0.25) is 5.95 Å². The van der Waals surface area contributed by atoms with Gasteiger partial charge in [-0.1, -0.05) is 24.3 Å². The van der Waals surface area contributed by atoms with Gasteiger partial charge in [0.25, 0.3) is 5.91 Å². The van der Waals surface area contributed by atoms with Crippen LogP contribution in [-0.4, -0.2) is 22.4 Å². The second kappa shape index (κ2) is 6.76. The molecule has 4 rings (SSSR count). The van der Waals surface area contributed by atoms with Gasteiger partial charge in [-0.25, -0.2) is 9.97 Å². The van der Waals surface area contributed by atoms with Crippen molar-refractivity contribution < 1.29 is 9.21 Å². The molecule has 6 heteroatoms. The van der Waals surface area contributed by atoms with Crippen molar-refractivity contribution in [2.75, 3.05) is 11.4 Å². The molecule has 0 radical (unpaired) electrons. The molecule has 1 aliphatic heterocycles. The van der Waals surface area contributed by atoms with Crippen LogP contribution < -0.4 is 10.2 Å². The maximum atomic E-state index is 12.1. The molecule has 3 heterocycles. The van der Waals surface area contributed by atoms with Crippen LogP contribution in [0.15, 0.2) is 59.5 Å². The van der Waals surface area contributed by atoms with Crippen molar-refractivity contribution in [3.8, 4) is 0 Å². The highest BCUT2D eigenvalue weighted by molar-refractivity contribution is 5.93. The molecule has 25 heavy (non-hydrogen) atoms. The first-order chi connectivity index (χ1) is 12.3. The molecule has 0 saturated heterocycles. The van der Waals surface area contributed by atoms with Crippen molar-refractivity contribution in [1.82, 2.24) is 15.3 Å². The molecule has 0 spiro atoms. The molecule has 6 nitrogen and oxygen atoms in total. The van der Waals surface area contributed by atoms with Gasteiger partial charge in [-0.3, -0.25) is 4.79 Å². The molecule has 3 aromatic rings. The zero-order valence-corrected chi connectivity index (χ0v) is 13.7. The van der Waals surface area contributed by atoms with Crippen molar-refractivity contribution in [3.05, 3.63) is 77.5 Å². The number of rotatable bonds is 4. The van der Waals surface area contributed by atoms with Crippen LogP contribution in [0.25, 0.3) is 0 Å². The number of aromatic nitrogens is 2. The quantitative estimate of drug-likeness (QED) is 0.794. The third-order valence-electron chi connectivity index (χ3n) is 4.32. The zero-order chi connectivity index (χ0) is 17.1. The Balaban J connectivity index is 1.41. The molecule has 1 amide bonds. The van der Waals surface area contributed by atoms with Gasteiger partial charge in [0.05, 0.1) is 18.4 Å². The zero-order valence-electron chi connectivity index (χ0n) is 13.7. The number of nitrogens with one attached hydrogen (secondary N) is 1. The van der Waals surface area contributed by atoms with Crippen molar-refractivity contribution in [2.45, 2.75) is 19.5 Å². The van der Waals surface area contributed by atoms with Gasteiger partial charge < -0.3 is 14.6 Å². The summed E-state index contributed by atoms with van der Waals surface area (Å²) in [6, 6.07) is 12.0. The molecule has 126 valence electrons. The van der Waals surface area contributed by atoms with Crippen LogP contribution in [0.3, 0.4) is 0 Å². The monoisotopic (exact) mass is 334 g/mol. The predicted octanol–water partition coefficient (Wildman–Crippen LogP) is 2.56. The first kappa shape index (κ1) is 15.4. The summed E-state index contributed by atoms with van der Waals surface area (Å²) in [5.74, 6) is 1.14. The molecule has 2 aromatic heterocycles. The van der Waals surface area contributed by atoms with Crippen LogP contribution in [-0.2, 0) is 19.5 Å². The fourth-order valence-corrected chi connectivity index (χ4v) is 2.95. The van der Waals surface area contributed by atoms with Crippen LogP contribution in [0, 0.1) is 0 Å². The van der Waals surface area contributed by atoms with Gasteiger partial charge in [0.1, 0.15) is 5.76 Å². The van der Waals surface area contributed by atoms with Gasteiger partial charge in [-0.2, -0.15) is 0 Å². The Hall–Kier alpha value is -3.15. The highest BCUT2D eigenvalue weighted by Crippen LogP contribution is 2.21. The smallest absolute Gasteiger partial charge is 0.254 e. The fraction of sp³-hybridized carbons (Fsp3) is 0.211. The average molecular weight is 334 g/mol. The van der Waals surface area contributed by atoms with Gasteiger partial charge in [-0.15, -0.1) is 0 Å². The van der Waals surface area contributed by atoms with E-state index in [0.29, 0.717) is 23.8 Å². The summed E-state index contributed by atoms with van der Waals surface area (Å²) in [5, 5.41) is 2.79. The second-order valence-electron chi connectivity index (χ2n) is 5.97. The fourth-order valence-electron chi connectivity index (χ4n) is 2.95. The lowest BCUT2D eigenvalue weighted by Gasteiger charge is -2.28. The molecular formula is C19H18N4O2. The number of amides is 1. The Morgan fingerprint density at radius 3 is 2.68 bits per heavy atom. The highest BCUT2D eigenvalue weighted by atomic mass is 16.3. The number of hydrogen-bond donors (Lipinski definition) is 1. The molecule has 0 aliphatic carbocycles. The van der Waals surface area contributed by atoms with E-state index < -0.39 is 0 Å². The topological polar surface area (TPSA) is 71.3 Å². The van der Waals surface area contributed by atoms with E-state index in [4.69, 9.17) is 4.42 Å². The first-order valence-corrected chi connectivity index (χ1v) is 8.24. The maximum absolute atomic E-state index is 12.1. The number of fused-ring (bicyclic) bond motifs is 1. The lowest BCUT2D eigenvalue weighted by Crippen LogP contribution is -2.32. The first-order valence-electron chi connectivity index (χ1n) is 8.24. The molecule has 1 aromatic carbocycles. The summed E-state index contributed by atoms with van der Waals surface area (Å²) >= 11 is 0. The lowest BCUT2D eigenvalue weighted by molar-refractivity contribution is 0.0947. The molecule has 0 saturated carbocycles. The van der Waals surface area contributed by atoms with Gasteiger partial charge in [-0.05, 0) is 29.7 Å². The standard InChI is InChI=1S/C19H18N4O2/c24-18(20-12-17-6-3-9-25-17)16-10-21-19(22-11-16)23-8-7-14-4-1-2-5-15(14)13-23/h1-6,9-11H,7-8,12-13H2,(H,20,24). The third-order valence-corrected chi connectivity index (χ3v) is 4.32. The van der Waals surface area contributed by atoms with Crippen molar-refractivity contribution in [2.24, 2.45) is 0 Å². The van der Waals surface area contributed by atoms with E-state index in [9.17, 15) is 4.79 Å². The lowest BCUT2D eigenvalue weighted by atomic mass is 10.0. The van der Waals surface area contributed by atoms with E-state index in [1.54, 1.807) is 24.7 Å². The van der Waals surface area contributed by atoms with Crippen molar-refractivity contribution in [3.63, 3.8) is 0 Å². The van der Waals surface area contributed by atoms with Crippen LogP contribution in [0.1, 0.15) is 27.2 Å². The summed E-state index contributed by atoms with van der Waals surface area (Å²) in [7, 11) is 0. The number of hydrogen-bond acceptors (Lipinski definition) is 5. The van der Waals surface area contributed by atoms with E-state index in [0.717, 1.165) is 19.5 Å². The third kappa shape index (κ3) is 3.38. The minimum atomic E-state index is -0.216. The molecule has 0 bridgehead atoms. The number of nitrogens with zero attached hydrogens (tertiary/aromatic N) is 3. The summed E-state index contributed by atoms with van der Waals surface area (Å²) < 4.78 is 5.19. The molecule has 1 N–H and O–H groups in total. The minimum Gasteiger partial charge on any atom is -0.467 e. The second-order valence-corrected chi connectivity index (χ2v) is 5.97. The van der Waals surface area contributed by atoms with E-state index in [1.165, 1.54) is 11.1 Å². The number of benzene rings is 1. The Kier molecular flexibility index (Phi) is 4.16. The van der Waals surface area contributed by atoms with E-state index in [-0.39, 0.29) is 5.91 Å². The molecule has 0 atom stereocenters. The number of carbonyl (C=O) groups is 1. The van der Waals surface area contributed by atoms with Crippen molar-refractivity contribution >= 4 is 11.9 Å². The maximum Gasteiger partial charge on any atom is 0.254 e. The number of furan rings is 1. The number of anilines is 1. The van der Waals surface area contributed by atoms with E-state index in [2.05, 4.69) is 44.5 Å². The number of carbonyl (C=O) groups excluding carboxylic acids is 1. The summed E-state index contributed by atoms with van der Waals surface area (Å²) in [4.78, 5) is 23.0. The minimum absolute atomic E-state index is 0.216. The van der Waals surface area contributed by atoms with Crippen molar-refractivity contribution in [1.29, 1.82) is 0 Å². The Morgan fingerprint density at radius 1 is 1.12 bits per heavy atom. The average Bonchev–Trinajstić information content (AvgIpc) is 3.19. The summed E-state index contributed by atoms with van der Waals surface area (Å²) in [6.07, 6.45) is 5.70. The summed E-state index contributed by atoms with van der Waals surface area (Å²) in [5.41, 5.74) is 3.12. The van der Waals surface area contributed by atoms with Gasteiger partial charge >= 0.3 is 0 Å². The normalized spacial score (nSPS) is 13.4. The van der Waals surface area contributed by atoms with Crippen LogP contribution in [0.2, 0.25) is 0 Å². The van der Waals surface area contributed by atoms with Crippen LogP contribution in [0.5, 0.6) is 0 Å². The highest BCUT2D eigenvalue weighted by Gasteiger charge is 2.18. The van der Waals surface area contributed by atoms with Gasteiger partial charge in [0.15, 0.2) is 0 Å². The van der Waals surface area contributed by atoms with Crippen LogP contribution >= 0.6 is 0 Å². The summed E-state index contributed by atoms with van der Waals surface area (Å²) in [6.45, 7) is 2.01. The molecule has 0 unspecified atom stereocenters. The van der Waals surface area contributed by atoms with Crippen LogP contribution in [0.4, 0.5) is 5.95 Å². The van der Waals surface area contributed by atoms with E-state index >= 15 is 0 Å².